The van der Waals surface area contributed by atoms with E-state index in [0.29, 0.717) is 22.6 Å². The maximum absolute atomic E-state index is 12.4. The molecule has 0 aliphatic rings. The molecule has 0 aliphatic heterocycles. The average Bonchev–Trinajstić information content (AvgIpc) is 3.06. The van der Waals surface area contributed by atoms with Gasteiger partial charge in [-0.25, -0.2) is 0 Å². The van der Waals surface area contributed by atoms with Crippen LogP contribution in [0.2, 0.25) is 0 Å². The molecule has 2 heterocycles. The molecular formula is C16H17N3O3. The fraction of sp³-hybridized carbons (Fsp3) is 0.250. The molecule has 114 valence electrons. The highest BCUT2D eigenvalue weighted by Crippen LogP contribution is 2.29. The molecule has 0 unspecified atom stereocenters. The number of nitrogens with one attached hydrogen (secondary N) is 1. The van der Waals surface area contributed by atoms with Crippen molar-refractivity contribution in [2.75, 3.05) is 5.32 Å². The Hall–Kier alpha value is -2.76. The normalized spacial score (nSPS) is 11.1. The zero-order chi connectivity index (χ0) is 15.7. The van der Waals surface area contributed by atoms with Crippen LogP contribution in [0.3, 0.4) is 0 Å². The van der Waals surface area contributed by atoms with Gasteiger partial charge in [0.05, 0.1) is 29.6 Å². The number of nitrogens with zero attached hydrogens (tertiary/aromatic N) is 2. The number of fused-ring (bicyclic) bond motifs is 1. The van der Waals surface area contributed by atoms with Crippen molar-refractivity contribution in [3.05, 3.63) is 42.4 Å². The van der Waals surface area contributed by atoms with Gasteiger partial charge in [0, 0.05) is 18.8 Å². The smallest absolute Gasteiger partial charge is 0.256 e. The van der Waals surface area contributed by atoms with E-state index in [4.69, 9.17) is 9.15 Å². The third-order valence-corrected chi connectivity index (χ3v) is 3.12. The average molecular weight is 299 g/mol. The Labute approximate surface area is 127 Å². The third kappa shape index (κ3) is 2.81. The van der Waals surface area contributed by atoms with E-state index >= 15 is 0 Å². The largest absolute Gasteiger partial charge is 0.490 e. The number of carbonyl (C=O) groups excluding carboxylic acids is 1. The van der Waals surface area contributed by atoms with Crippen LogP contribution >= 0.6 is 0 Å². The first-order valence-electron chi connectivity index (χ1n) is 7.01. The van der Waals surface area contributed by atoms with Crippen molar-refractivity contribution >= 4 is 22.6 Å². The van der Waals surface area contributed by atoms with Crippen LogP contribution in [0.15, 0.2) is 41.3 Å². The monoisotopic (exact) mass is 299 g/mol. The van der Waals surface area contributed by atoms with Gasteiger partial charge in [-0.3, -0.25) is 9.48 Å². The zero-order valence-corrected chi connectivity index (χ0v) is 12.7. The second-order valence-electron chi connectivity index (χ2n) is 5.33. The quantitative estimate of drug-likeness (QED) is 0.803. The maximum Gasteiger partial charge on any atom is 0.256 e. The summed E-state index contributed by atoms with van der Waals surface area (Å²) in [6.07, 6.45) is 4.92. The Morgan fingerprint density at radius 1 is 1.41 bits per heavy atom. The first-order chi connectivity index (χ1) is 10.5. The number of aromatic nitrogens is 2. The van der Waals surface area contributed by atoms with E-state index in [2.05, 4.69) is 10.4 Å². The van der Waals surface area contributed by atoms with Crippen LogP contribution in [0.4, 0.5) is 5.69 Å². The number of rotatable bonds is 4. The predicted molar refractivity (Wildman–Crippen MR) is 83.1 cm³/mol. The summed E-state index contributed by atoms with van der Waals surface area (Å²) >= 11 is 0. The van der Waals surface area contributed by atoms with Crippen LogP contribution in [-0.4, -0.2) is 21.8 Å². The molecule has 0 spiro atoms. The van der Waals surface area contributed by atoms with Gasteiger partial charge in [0.1, 0.15) is 11.3 Å². The second kappa shape index (κ2) is 5.55. The van der Waals surface area contributed by atoms with Crippen LogP contribution < -0.4 is 10.1 Å². The Bertz CT molecular complexity index is 817. The van der Waals surface area contributed by atoms with E-state index in [9.17, 15) is 4.79 Å². The standard InChI is InChI=1S/C16H17N3O3/c1-10(2)22-15-7-11(6-14-13(15)4-5-21-14)16(20)18-12-8-17-19(3)9-12/h4-10H,1-3H3,(H,18,20). The summed E-state index contributed by atoms with van der Waals surface area (Å²) in [7, 11) is 1.79. The molecule has 6 heteroatoms. The van der Waals surface area contributed by atoms with Crippen LogP contribution in [-0.2, 0) is 7.05 Å². The molecule has 0 aliphatic carbocycles. The Morgan fingerprint density at radius 2 is 2.23 bits per heavy atom. The molecule has 2 aromatic heterocycles. The molecule has 1 amide bonds. The van der Waals surface area contributed by atoms with Gasteiger partial charge in [0.2, 0.25) is 0 Å². The molecular weight excluding hydrogens is 282 g/mol. The molecule has 1 N–H and O–H groups in total. The van der Waals surface area contributed by atoms with Gasteiger partial charge in [-0.2, -0.15) is 5.10 Å². The lowest BCUT2D eigenvalue weighted by Crippen LogP contribution is -2.12. The molecule has 0 saturated carbocycles. The predicted octanol–water partition coefficient (Wildman–Crippen LogP) is 3.21. The van der Waals surface area contributed by atoms with E-state index in [1.54, 1.807) is 42.5 Å². The van der Waals surface area contributed by atoms with Crippen LogP contribution in [0.1, 0.15) is 24.2 Å². The fourth-order valence-corrected chi connectivity index (χ4v) is 2.21. The van der Waals surface area contributed by atoms with Crippen molar-refractivity contribution in [2.24, 2.45) is 7.05 Å². The summed E-state index contributed by atoms with van der Waals surface area (Å²) in [5.74, 6) is 0.400. The topological polar surface area (TPSA) is 69.3 Å². The summed E-state index contributed by atoms with van der Waals surface area (Å²) < 4.78 is 12.8. The zero-order valence-electron chi connectivity index (χ0n) is 12.7. The van der Waals surface area contributed by atoms with Crippen LogP contribution in [0.5, 0.6) is 5.75 Å². The van der Waals surface area contributed by atoms with Crippen molar-refractivity contribution in [3.63, 3.8) is 0 Å². The van der Waals surface area contributed by atoms with Gasteiger partial charge >= 0.3 is 0 Å². The van der Waals surface area contributed by atoms with Gasteiger partial charge in [-0.1, -0.05) is 0 Å². The molecule has 0 bridgehead atoms. The van der Waals surface area contributed by atoms with Gasteiger partial charge in [0.15, 0.2) is 0 Å². The first kappa shape index (κ1) is 14.2. The summed E-state index contributed by atoms with van der Waals surface area (Å²) in [4.78, 5) is 12.4. The lowest BCUT2D eigenvalue weighted by Gasteiger charge is -2.12. The SMILES string of the molecule is CC(C)Oc1cc(C(=O)Nc2cnn(C)c2)cc2occc12. The Kier molecular flexibility index (Phi) is 3.58. The summed E-state index contributed by atoms with van der Waals surface area (Å²) in [5.41, 5.74) is 1.73. The van der Waals surface area contributed by atoms with Gasteiger partial charge < -0.3 is 14.5 Å². The van der Waals surface area contributed by atoms with Crippen LogP contribution in [0, 0.1) is 0 Å². The lowest BCUT2D eigenvalue weighted by molar-refractivity contribution is 0.102. The summed E-state index contributed by atoms with van der Waals surface area (Å²) in [6, 6.07) is 5.26. The van der Waals surface area contributed by atoms with E-state index in [1.165, 1.54) is 0 Å². The molecule has 0 fully saturated rings. The van der Waals surface area contributed by atoms with Crippen molar-refractivity contribution < 1.29 is 13.9 Å². The number of ether oxygens (including phenoxy) is 1. The third-order valence-electron chi connectivity index (χ3n) is 3.12. The molecule has 0 atom stereocenters. The number of aryl methyl sites for hydroxylation is 1. The van der Waals surface area contributed by atoms with Crippen LogP contribution in [0.25, 0.3) is 11.0 Å². The number of hydrogen-bond donors (Lipinski definition) is 1. The Balaban J connectivity index is 1.94. The number of benzene rings is 1. The van der Waals surface area contributed by atoms with Crippen molar-refractivity contribution in [2.45, 2.75) is 20.0 Å². The number of hydrogen-bond acceptors (Lipinski definition) is 4. The highest BCUT2D eigenvalue weighted by atomic mass is 16.5. The van der Waals surface area contributed by atoms with Crippen molar-refractivity contribution in [1.29, 1.82) is 0 Å². The minimum Gasteiger partial charge on any atom is -0.490 e. The molecule has 0 saturated heterocycles. The molecule has 3 aromatic rings. The van der Waals surface area contributed by atoms with Gasteiger partial charge in [-0.05, 0) is 32.0 Å². The summed E-state index contributed by atoms with van der Waals surface area (Å²) in [6.45, 7) is 3.88. The minimum absolute atomic E-state index is 0.00901. The minimum atomic E-state index is -0.236. The highest BCUT2D eigenvalue weighted by Gasteiger charge is 2.14. The lowest BCUT2D eigenvalue weighted by atomic mass is 10.1. The molecule has 0 radical (unpaired) electrons. The van der Waals surface area contributed by atoms with E-state index in [0.717, 1.165) is 5.39 Å². The number of carbonyl (C=O) groups is 1. The molecule has 22 heavy (non-hydrogen) atoms. The Morgan fingerprint density at radius 3 is 2.91 bits per heavy atom. The fourth-order valence-electron chi connectivity index (χ4n) is 2.21. The van der Waals surface area contributed by atoms with Gasteiger partial charge in [0.25, 0.3) is 5.91 Å². The van der Waals surface area contributed by atoms with E-state index in [1.807, 2.05) is 19.9 Å². The van der Waals surface area contributed by atoms with Gasteiger partial charge in [-0.15, -0.1) is 0 Å². The first-order valence-corrected chi connectivity index (χ1v) is 7.01. The van der Waals surface area contributed by atoms with Crippen molar-refractivity contribution in [1.82, 2.24) is 9.78 Å². The number of furan rings is 1. The highest BCUT2D eigenvalue weighted by molar-refractivity contribution is 6.06. The summed E-state index contributed by atoms with van der Waals surface area (Å²) in [5, 5.41) is 7.67. The van der Waals surface area contributed by atoms with E-state index in [-0.39, 0.29) is 12.0 Å². The molecule has 3 rings (SSSR count). The molecule has 1 aromatic carbocycles. The van der Waals surface area contributed by atoms with E-state index < -0.39 is 0 Å². The second-order valence-corrected chi connectivity index (χ2v) is 5.33. The molecule has 6 nitrogen and oxygen atoms in total. The number of anilines is 1. The maximum atomic E-state index is 12.4. The number of amides is 1. The van der Waals surface area contributed by atoms with Crippen molar-refractivity contribution in [3.8, 4) is 5.75 Å².